The van der Waals surface area contributed by atoms with Crippen LogP contribution in [-0.2, 0) is 14.4 Å². The zero-order valence-electron chi connectivity index (χ0n) is 15.4. The van der Waals surface area contributed by atoms with Crippen molar-refractivity contribution in [2.75, 3.05) is 25.5 Å². The molecule has 3 amide bonds. The fourth-order valence-electron chi connectivity index (χ4n) is 3.49. The maximum absolute atomic E-state index is 12.5. The number of hydrogen-bond donors (Lipinski definition) is 1. The molecule has 28 heavy (non-hydrogen) atoms. The van der Waals surface area contributed by atoms with Gasteiger partial charge in [-0.2, -0.15) is 0 Å². The predicted molar refractivity (Wildman–Crippen MR) is 102 cm³/mol. The summed E-state index contributed by atoms with van der Waals surface area (Å²) >= 11 is 0. The molecule has 0 saturated carbocycles. The molecule has 1 N–H and O–H groups in total. The first kappa shape index (κ1) is 17.8. The molecular formula is C20H19N5O3. The Kier molecular flexibility index (Phi) is 4.60. The molecule has 0 unspecified atom stereocenters. The van der Waals surface area contributed by atoms with Gasteiger partial charge in [0.1, 0.15) is 5.70 Å². The second kappa shape index (κ2) is 7.22. The monoisotopic (exact) mass is 377 g/mol. The molecule has 2 aliphatic heterocycles. The van der Waals surface area contributed by atoms with Crippen LogP contribution in [0.25, 0.3) is 11.3 Å². The SMILES string of the molecule is CN1C(=O)C2=C(C1=O)N(CC(=O)Nc1ccc(-c3ccncc3)nc1)CCC2. The summed E-state index contributed by atoms with van der Waals surface area (Å²) in [6, 6.07) is 7.32. The number of nitrogens with zero attached hydrogens (tertiary/aromatic N) is 4. The molecular weight excluding hydrogens is 358 g/mol. The van der Waals surface area contributed by atoms with Crippen molar-refractivity contribution in [2.24, 2.45) is 0 Å². The van der Waals surface area contributed by atoms with E-state index < -0.39 is 0 Å². The smallest absolute Gasteiger partial charge is 0.277 e. The molecule has 8 heteroatoms. The Morgan fingerprint density at radius 3 is 2.64 bits per heavy atom. The number of carbonyl (C=O) groups excluding carboxylic acids is 3. The molecule has 2 aromatic heterocycles. The number of hydrogen-bond acceptors (Lipinski definition) is 6. The van der Waals surface area contributed by atoms with E-state index in [0.29, 0.717) is 29.9 Å². The Bertz CT molecular complexity index is 969. The van der Waals surface area contributed by atoms with Crippen LogP contribution in [0.2, 0.25) is 0 Å². The van der Waals surface area contributed by atoms with E-state index in [-0.39, 0.29) is 24.3 Å². The average Bonchev–Trinajstić information content (AvgIpc) is 2.94. The zero-order chi connectivity index (χ0) is 19.7. The van der Waals surface area contributed by atoms with Crippen LogP contribution in [-0.4, -0.2) is 57.6 Å². The number of amides is 3. The van der Waals surface area contributed by atoms with Crippen LogP contribution >= 0.6 is 0 Å². The molecule has 4 rings (SSSR count). The maximum atomic E-state index is 12.5. The molecule has 0 fully saturated rings. The second-order valence-electron chi connectivity index (χ2n) is 6.74. The van der Waals surface area contributed by atoms with E-state index >= 15 is 0 Å². The van der Waals surface area contributed by atoms with Crippen molar-refractivity contribution < 1.29 is 14.4 Å². The molecule has 0 spiro atoms. The third kappa shape index (κ3) is 3.24. The number of anilines is 1. The third-order valence-corrected chi connectivity index (χ3v) is 4.88. The highest BCUT2D eigenvalue weighted by molar-refractivity contribution is 6.19. The summed E-state index contributed by atoms with van der Waals surface area (Å²) in [4.78, 5) is 48.1. The lowest BCUT2D eigenvalue weighted by atomic mass is 10.0. The first-order valence-electron chi connectivity index (χ1n) is 9.01. The number of likely N-dealkylation sites (N-methyl/N-ethyl adjacent to an activating group) is 1. The van der Waals surface area contributed by atoms with Gasteiger partial charge >= 0.3 is 0 Å². The minimum atomic E-state index is -0.337. The Labute approximate surface area is 161 Å². The normalized spacial score (nSPS) is 16.5. The Hall–Kier alpha value is -3.55. The predicted octanol–water partition coefficient (Wildman–Crippen LogP) is 1.43. The van der Waals surface area contributed by atoms with Crippen LogP contribution in [0, 0.1) is 0 Å². The molecule has 8 nitrogen and oxygen atoms in total. The van der Waals surface area contributed by atoms with Gasteiger partial charge in [-0.25, -0.2) is 0 Å². The Morgan fingerprint density at radius 1 is 1.14 bits per heavy atom. The lowest BCUT2D eigenvalue weighted by molar-refractivity contribution is -0.136. The minimum Gasteiger partial charge on any atom is -0.357 e. The second-order valence-corrected chi connectivity index (χ2v) is 6.74. The van der Waals surface area contributed by atoms with Crippen molar-refractivity contribution in [3.63, 3.8) is 0 Å². The summed E-state index contributed by atoms with van der Waals surface area (Å²) in [6.07, 6.45) is 6.29. The molecule has 2 aliphatic rings. The van der Waals surface area contributed by atoms with E-state index in [4.69, 9.17) is 0 Å². The Balaban J connectivity index is 1.43. The lowest BCUT2D eigenvalue weighted by Gasteiger charge is -2.28. The molecule has 0 aliphatic carbocycles. The fraction of sp³-hybridized carbons (Fsp3) is 0.250. The molecule has 4 heterocycles. The van der Waals surface area contributed by atoms with Gasteiger partial charge in [-0.1, -0.05) is 0 Å². The van der Waals surface area contributed by atoms with Crippen molar-refractivity contribution in [1.29, 1.82) is 0 Å². The van der Waals surface area contributed by atoms with E-state index in [0.717, 1.165) is 22.6 Å². The van der Waals surface area contributed by atoms with Crippen molar-refractivity contribution >= 4 is 23.4 Å². The topological polar surface area (TPSA) is 95.5 Å². The van der Waals surface area contributed by atoms with E-state index in [2.05, 4.69) is 15.3 Å². The van der Waals surface area contributed by atoms with E-state index in [1.54, 1.807) is 29.6 Å². The number of rotatable bonds is 4. The van der Waals surface area contributed by atoms with Gasteiger partial charge in [-0.15, -0.1) is 0 Å². The summed E-state index contributed by atoms with van der Waals surface area (Å²) in [6.45, 7) is 0.580. The highest BCUT2D eigenvalue weighted by atomic mass is 16.2. The maximum Gasteiger partial charge on any atom is 0.277 e. The average molecular weight is 377 g/mol. The quantitative estimate of drug-likeness (QED) is 0.810. The van der Waals surface area contributed by atoms with Crippen LogP contribution < -0.4 is 5.32 Å². The lowest BCUT2D eigenvalue weighted by Crippen LogP contribution is -2.38. The molecule has 0 bridgehead atoms. The van der Waals surface area contributed by atoms with Gasteiger partial charge in [0, 0.05) is 37.1 Å². The fourth-order valence-corrected chi connectivity index (χ4v) is 3.49. The van der Waals surface area contributed by atoms with E-state index in [1.165, 1.54) is 7.05 Å². The summed E-state index contributed by atoms with van der Waals surface area (Å²) in [5.74, 6) is -0.862. The number of imide groups is 1. The number of aromatic nitrogens is 2. The van der Waals surface area contributed by atoms with Crippen molar-refractivity contribution in [3.05, 3.63) is 54.1 Å². The van der Waals surface area contributed by atoms with E-state index in [1.807, 2.05) is 18.2 Å². The van der Waals surface area contributed by atoms with Crippen molar-refractivity contribution in [1.82, 2.24) is 19.8 Å². The molecule has 0 aromatic carbocycles. The van der Waals surface area contributed by atoms with E-state index in [9.17, 15) is 14.4 Å². The van der Waals surface area contributed by atoms with Crippen LogP contribution in [0.3, 0.4) is 0 Å². The zero-order valence-corrected chi connectivity index (χ0v) is 15.4. The third-order valence-electron chi connectivity index (χ3n) is 4.88. The number of pyridine rings is 2. The summed E-state index contributed by atoms with van der Waals surface area (Å²) in [5, 5.41) is 2.80. The molecule has 0 saturated heterocycles. The van der Waals surface area contributed by atoms with Crippen LogP contribution in [0.15, 0.2) is 54.1 Å². The number of carbonyl (C=O) groups is 3. The van der Waals surface area contributed by atoms with Gasteiger partial charge in [-0.3, -0.25) is 29.3 Å². The Morgan fingerprint density at radius 2 is 1.93 bits per heavy atom. The summed E-state index contributed by atoms with van der Waals surface area (Å²) in [7, 11) is 1.47. The van der Waals surface area contributed by atoms with Crippen molar-refractivity contribution in [3.8, 4) is 11.3 Å². The minimum absolute atomic E-state index is 0.0117. The van der Waals surface area contributed by atoms with Crippen LogP contribution in [0.4, 0.5) is 5.69 Å². The number of nitrogens with one attached hydrogen (secondary N) is 1. The standard InChI is InChI=1S/C20H19N5O3/c1-24-19(27)15-3-2-10-25(18(15)20(24)28)12-17(26)23-14-4-5-16(22-11-14)13-6-8-21-9-7-13/h4-9,11H,2-3,10,12H2,1H3,(H,23,26). The first-order chi connectivity index (χ1) is 13.5. The van der Waals surface area contributed by atoms with Gasteiger partial charge in [0.2, 0.25) is 5.91 Å². The van der Waals surface area contributed by atoms with Gasteiger partial charge in [-0.05, 0) is 37.1 Å². The largest absolute Gasteiger partial charge is 0.357 e. The summed E-state index contributed by atoms with van der Waals surface area (Å²) in [5.41, 5.74) is 3.16. The molecule has 0 atom stereocenters. The molecule has 142 valence electrons. The van der Waals surface area contributed by atoms with Gasteiger partial charge in [0.25, 0.3) is 11.8 Å². The van der Waals surface area contributed by atoms with Crippen LogP contribution in [0.1, 0.15) is 12.8 Å². The molecule has 0 radical (unpaired) electrons. The first-order valence-corrected chi connectivity index (χ1v) is 9.01. The van der Waals surface area contributed by atoms with Gasteiger partial charge in [0.15, 0.2) is 0 Å². The van der Waals surface area contributed by atoms with Crippen LogP contribution in [0.5, 0.6) is 0 Å². The molecule has 2 aromatic rings. The highest BCUT2D eigenvalue weighted by Gasteiger charge is 2.40. The highest BCUT2D eigenvalue weighted by Crippen LogP contribution is 2.30. The van der Waals surface area contributed by atoms with Gasteiger partial charge < -0.3 is 10.2 Å². The van der Waals surface area contributed by atoms with Crippen molar-refractivity contribution in [2.45, 2.75) is 12.8 Å². The van der Waals surface area contributed by atoms with Gasteiger partial charge in [0.05, 0.1) is 24.1 Å². The summed E-state index contributed by atoms with van der Waals surface area (Å²) < 4.78 is 0.